The highest BCUT2D eigenvalue weighted by Crippen LogP contribution is 2.31. The lowest BCUT2D eigenvalue weighted by atomic mass is 10.1. The van der Waals surface area contributed by atoms with Crippen molar-refractivity contribution in [1.82, 2.24) is 5.32 Å². The van der Waals surface area contributed by atoms with E-state index in [1.165, 1.54) is 6.07 Å². The summed E-state index contributed by atoms with van der Waals surface area (Å²) in [5.41, 5.74) is 1.43. The van der Waals surface area contributed by atoms with Crippen molar-refractivity contribution in [3.63, 3.8) is 0 Å². The molecule has 2 rings (SSSR count). The van der Waals surface area contributed by atoms with Gasteiger partial charge in [-0.1, -0.05) is 28.1 Å². The average molecular weight is 438 g/mol. The second-order valence-electron chi connectivity index (χ2n) is 6.60. The molecule has 6 heteroatoms. The zero-order valence-corrected chi connectivity index (χ0v) is 17.6. The van der Waals surface area contributed by atoms with E-state index in [1.54, 1.807) is 19.2 Å². The first-order valence-corrected chi connectivity index (χ1v) is 9.67. The van der Waals surface area contributed by atoms with Crippen LogP contribution in [0.5, 0.6) is 11.5 Å². The van der Waals surface area contributed by atoms with Crippen molar-refractivity contribution in [2.45, 2.75) is 45.8 Å². The molecule has 0 saturated heterocycles. The van der Waals surface area contributed by atoms with E-state index in [1.807, 2.05) is 39.0 Å². The van der Waals surface area contributed by atoms with E-state index in [9.17, 15) is 9.18 Å². The van der Waals surface area contributed by atoms with Crippen molar-refractivity contribution < 1.29 is 18.7 Å². The van der Waals surface area contributed by atoms with Crippen LogP contribution < -0.4 is 14.8 Å². The lowest BCUT2D eigenvalue weighted by Gasteiger charge is -2.18. The van der Waals surface area contributed by atoms with Crippen LogP contribution in [0.15, 0.2) is 40.9 Å². The van der Waals surface area contributed by atoms with E-state index >= 15 is 0 Å². The summed E-state index contributed by atoms with van der Waals surface area (Å²) in [7, 11) is 1.59. The zero-order chi connectivity index (χ0) is 20.0. The third-order valence-electron chi connectivity index (χ3n) is 4.06. The first-order valence-electron chi connectivity index (χ1n) is 8.88. The predicted molar refractivity (Wildman–Crippen MR) is 108 cm³/mol. The van der Waals surface area contributed by atoms with Gasteiger partial charge >= 0.3 is 0 Å². The van der Waals surface area contributed by atoms with E-state index in [2.05, 4.69) is 21.2 Å². The summed E-state index contributed by atoms with van der Waals surface area (Å²) in [6.07, 6.45) is 0.609. The maximum absolute atomic E-state index is 13.9. The van der Waals surface area contributed by atoms with Crippen LogP contribution in [0.25, 0.3) is 0 Å². The van der Waals surface area contributed by atoms with Crippen molar-refractivity contribution in [2.24, 2.45) is 0 Å². The lowest BCUT2D eigenvalue weighted by Crippen LogP contribution is -2.27. The zero-order valence-electron chi connectivity index (χ0n) is 16.0. The highest BCUT2D eigenvalue weighted by molar-refractivity contribution is 9.10. The van der Waals surface area contributed by atoms with Crippen LogP contribution in [-0.2, 0) is 11.2 Å². The molecular weight excluding hydrogens is 413 g/mol. The first-order chi connectivity index (χ1) is 12.8. The third kappa shape index (κ3) is 6.24. The molecule has 0 bridgehead atoms. The van der Waals surface area contributed by atoms with Crippen molar-refractivity contribution >= 4 is 21.8 Å². The fourth-order valence-corrected chi connectivity index (χ4v) is 3.01. The molecule has 0 radical (unpaired) electrons. The SMILES string of the molecule is COc1cc(C(C)NC(=O)CCc2ccc(Br)cc2F)ccc1OC(C)C. The van der Waals surface area contributed by atoms with E-state index in [-0.39, 0.29) is 30.3 Å². The Morgan fingerprint density at radius 2 is 1.89 bits per heavy atom. The van der Waals surface area contributed by atoms with Gasteiger partial charge in [0.25, 0.3) is 0 Å². The Labute approximate surface area is 168 Å². The number of carbonyl (C=O) groups excluding carboxylic acids is 1. The smallest absolute Gasteiger partial charge is 0.220 e. The molecule has 2 aromatic rings. The van der Waals surface area contributed by atoms with Crippen LogP contribution in [0, 0.1) is 5.82 Å². The number of hydrogen-bond acceptors (Lipinski definition) is 3. The molecule has 1 N–H and O–H groups in total. The Balaban J connectivity index is 1.97. The van der Waals surface area contributed by atoms with Crippen LogP contribution in [0.4, 0.5) is 4.39 Å². The van der Waals surface area contributed by atoms with Crippen LogP contribution in [-0.4, -0.2) is 19.1 Å². The summed E-state index contributed by atoms with van der Waals surface area (Å²) in [5, 5.41) is 2.94. The number of ether oxygens (including phenoxy) is 2. The fourth-order valence-electron chi connectivity index (χ4n) is 2.67. The summed E-state index contributed by atoms with van der Waals surface area (Å²) >= 11 is 3.23. The Morgan fingerprint density at radius 3 is 2.52 bits per heavy atom. The Kier molecular flexibility index (Phi) is 7.66. The minimum absolute atomic E-state index is 0.0425. The van der Waals surface area contributed by atoms with E-state index < -0.39 is 0 Å². The van der Waals surface area contributed by atoms with Crippen LogP contribution in [0.3, 0.4) is 0 Å². The molecular formula is C21H25BrFNO3. The third-order valence-corrected chi connectivity index (χ3v) is 4.56. The van der Waals surface area contributed by atoms with Gasteiger partial charge in [0.15, 0.2) is 11.5 Å². The summed E-state index contributed by atoms with van der Waals surface area (Å²) < 4.78 is 25.6. The number of carbonyl (C=O) groups is 1. The van der Waals surface area contributed by atoms with Crippen LogP contribution >= 0.6 is 15.9 Å². The van der Waals surface area contributed by atoms with Gasteiger partial charge in [-0.2, -0.15) is 0 Å². The number of methoxy groups -OCH3 is 1. The topological polar surface area (TPSA) is 47.6 Å². The predicted octanol–water partition coefficient (Wildman–Crippen LogP) is 5.19. The molecule has 0 aromatic heterocycles. The Morgan fingerprint density at radius 1 is 1.15 bits per heavy atom. The molecule has 0 aliphatic rings. The largest absolute Gasteiger partial charge is 0.493 e. The molecule has 0 heterocycles. The minimum atomic E-state index is -0.310. The lowest BCUT2D eigenvalue weighted by molar-refractivity contribution is -0.121. The van der Waals surface area contributed by atoms with Gasteiger partial charge in [0, 0.05) is 10.9 Å². The molecule has 0 saturated carbocycles. The number of nitrogens with one attached hydrogen (secondary N) is 1. The molecule has 4 nitrogen and oxygen atoms in total. The number of benzene rings is 2. The van der Waals surface area contributed by atoms with Gasteiger partial charge in [0.1, 0.15) is 5.82 Å². The highest BCUT2D eigenvalue weighted by atomic mass is 79.9. The van der Waals surface area contributed by atoms with Crippen LogP contribution in [0.2, 0.25) is 0 Å². The highest BCUT2D eigenvalue weighted by Gasteiger charge is 2.14. The van der Waals surface area contributed by atoms with E-state index in [0.29, 0.717) is 28.0 Å². The quantitative estimate of drug-likeness (QED) is 0.617. The molecule has 1 amide bonds. The maximum atomic E-state index is 13.9. The summed E-state index contributed by atoms with van der Waals surface area (Å²) in [4.78, 5) is 12.2. The average Bonchev–Trinajstić information content (AvgIpc) is 2.60. The number of amides is 1. The molecule has 1 atom stereocenters. The van der Waals surface area contributed by atoms with Gasteiger partial charge < -0.3 is 14.8 Å². The number of rotatable bonds is 8. The first kappa shape index (κ1) is 21.2. The van der Waals surface area contributed by atoms with Gasteiger partial charge in [-0.05, 0) is 62.6 Å². The van der Waals surface area contributed by atoms with E-state index in [4.69, 9.17) is 9.47 Å². The van der Waals surface area contributed by atoms with Crippen LogP contribution in [0.1, 0.15) is 44.4 Å². The molecule has 0 aliphatic heterocycles. The minimum Gasteiger partial charge on any atom is -0.493 e. The Hall–Kier alpha value is -2.08. The molecule has 27 heavy (non-hydrogen) atoms. The van der Waals surface area contributed by atoms with Crippen molar-refractivity contribution in [3.05, 3.63) is 57.8 Å². The summed E-state index contributed by atoms with van der Waals surface area (Å²) in [5.74, 6) is 0.849. The van der Waals surface area contributed by atoms with Gasteiger partial charge in [-0.15, -0.1) is 0 Å². The fraction of sp³-hybridized carbons (Fsp3) is 0.381. The van der Waals surface area contributed by atoms with Gasteiger partial charge in [-0.25, -0.2) is 4.39 Å². The summed E-state index contributed by atoms with van der Waals surface area (Å²) in [6.45, 7) is 5.80. The maximum Gasteiger partial charge on any atom is 0.220 e. The Bertz CT molecular complexity index is 795. The summed E-state index contributed by atoms with van der Waals surface area (Å²) in [6, 6.07) is 10.3. The molecule has 1 unspecified atom stereocenters. The number of hydrogen-bond donors (Lipinski definition) is 1. The van der Waals surface area contributed by atoms with Gasteiger partial charge in [0.2, 0.25) is 5.91 Å². The molecule has 0 fully saturated rings. The van der Waals surface area contributed by atoms with Gasteiger partial charge in [-0.3, -0.25) is 4.79 Å². The van der Waals surface area contributed by atoms with Crippen molar-refractivity contribution in [2.75, 3.05) is 7.11 Å². The van der Waals surface area contributed by atoms with Gasteiger partial charge in [0.05, 0.1) is 19.3 Å². The monoisotopic (exact) mass is 437 g/mol. The molecule has 0 aliphatic carbocycles. The van der Waals surface area contributed by atoms with Crippen molar-refractivity contribution in [1.29, 1.82) is 0 Å². The second kappa shape index (κ2) is 9.74. The molecule has 0 spiro atoms. The molecule has 146 valence electrons. The second-order valence-corrected chi connectivity index (χ2v) is 7.52. The molecule has 2 aromatic carbocycles. The van der Waals surface area contributed by atoms with E-state index in [0.717, 1.165) is 5.56 Å². The normalized spacial score (nSPS) is 12.0. The van der Waals surface area contributed by atoms with Crippen molar-refractivity contribution in [3.8, 4) is 11.5 Å². The standard InChI is InChI=1S/C21H25BrFNO3/c1-13(2)27-19-9-6-16(11-20(19)26-4)14(3)24-21(25)10-7-15-5-8-17(22)12-18(15)23/h5-6,8-9,11-14H,7,10H2,1-4H3,(H,24,25). The number of aryl methyl sites for hydroxylation is 1. The number of halogens is 2.